The topological polar surface area (TPSA) is 68.2 Å². The van der Waals surface area contributed by atoms with E-state index in [1.165, 1.54) is 11.3 Å². The number of hydrogen-bond donors (Lipinski definition) is 1. The smallest absolute Gasteiger partial charge is 0.231 e. The summed E-state index contributed by atoms with van der Waals surface area (Å²) in [4.78, 5) is 16.7. The van der Waals surface area contributed by atoms with Crippen molar-refractivity contribution in [1.29, 1.82) is 0 Å². The minimum atomic E-state index is -1.06. The average Bonchev–Trinajstić information content (AvgIpc) is 3.35. The van der Waals surface area contributed by atoms with Crippen LogP contribution in [0.5, 0.6) is 17.2 Å². The van der Waals surface area contributed by atoms with Crippen LogP contribution in [0.2, 0.25) is 0 Å². The highest BCUT2D eigenvalue weighted by molar-refractivity contribution is 7.14. The van der Waals surface area contributed by atoms with Gasteiger partial charge in [-0.1, -0.05) is 11.8 Å². The Morgan fingerprint density at radius 1 is 1.40 bits per heavy atom. The number of likely N-dealkylation sites (N-methyl/N-ethyl adjacent to an activating group) is 1. The van der Waals surface area contributed by atoms with Crippen LogP contribution >= 0.6 is 11.3 Å². The first-order valence-electron chi connectivity index (χ1n) is 9.85. The molecule has 1 N–H and O–H groups in total. The maximum absolute atomic E-state index is 13.1. The van der Waals surface area contributed by atoms with Gasteiger partial charge in [-0.15, -0.1) is 11.3 Å². The minimum absolute atomic E-state index is 0.0562. The molecule has 0 aliphatic carbocycles. The highest BCUT2D eigenvalue weighted by Gasteiger charge is 2.35. The van der Waals surface area contributed by atoms with Gasteiger partial charge in [0.25, 0.3) is 0 Å². The van der Waals surface area contributed by atoms with Crippen LogP contribution in [0.1, 0.15) is 52.0 Å². The molecule has 0 radical (unpaired) electrons. The van der Waals surface area contributed by atoms with E-state index in [-0.39, 0.29) is 18.6 Å². The number of hydrogen-bond acceptors (Lipinski definition) is 7. The number of carbonyl (C=O) groups is 1. The fourth-order valence-electron chi connectivity index (χ4n) is 3.83. The highest BCUT2D eigenvalue weighted by atomic mass is 32.1. The number of fused-ring (bicyclic) bond motifs is 2. The lowest BCUT2D eigenvalue weighted by Crippen LogP contribution is -2.34. The second-order valence-electron chi connectivity index (χ2n) is 8.06. The van der Waals surface area contributed by atoms with Crippen molar-refractivity contribution < 1.29 is 24.1 Å². The zero-order valence-corrected chi connectivity index (χ0v) is 18.4. The molecule has 2 aliphatic rings. The van der Waals surface area contributed by atoms with Gasteiger partial charge in [-0.05, 0) is 51.1 Å². The Balaban J connectivity index is 1.62. The fraction of sp³-hybridized carbons (Fsp3) is 0.435. The van der Waals surface area contributed by atoms with Crippen LogP contribution in [0.25, 0.3) is 0 Å². The molecule has 0 saturated carbocycles. The Kier molecular flexibility index (Phi) is 5.49. The number of aliphatic hydroxyl groups is 1. The monoisotopic (exact) mass is 427 g/mol. The van der Waals surface area contributed by atoms with E-state index in [0.717, 1.165) is 29.0 Å². The van der Waals surface area contributed by atoms with E-state index in [2.05, 4.69) is 16.7 Å². The Hall–Kier alpha value is -2.53. The standard InChI is InChI=1S/C23H25NO5S/c1-23(2,26)9-7-15-5-6-19(30-15)17(25)12-16-20-14(8-10-24(16)3)11-18-21(22(20)27-4)29-13-28-18/h5-6,11,16,26H,8,10,12-13H2,1-4H3/t16-/m0/s1. The summed E-state index contributed by atoms with van der Waals surface area (Å²) in [6.07, 6.45) is 1.19. The molecule has 0 spiro atoms. The van der Waals surface area contributed by atoms with Crippen molar-refractivity contribution in [2.24, 2.45) is 0 Å². The Bertz CT molecular complexity index is 1040. The number of methoxy groups -OCH3 is 1. The summed E-state index contributed by atoms with van der Waals surface area (Å²) in [5.41, 5.74) is 1.07. The molecular weight excluding hydrogens is 402 g/mol. The van der Waals surface area contributed by atoms with Gasteiger partial charge in [0.1, 0.15) is 5.60 Å². The third-order valence-corrected chi connectivity index (χ3v) is 6.34. The summed E-state index contributed by atoms with van der Waals surface area (Å²) in [6, 6.07) is 5.54. The number of rotatable bonds is 4. The third kappa shape index (κ3) is 4.04. The highest BCUT2D eigenvalue weighted by Crippen LogP contribution is 2.50. The molecule has 7 heteroatoms. The number of thiophene rings is 1. The van der Waals surface area contributed by atoms with Gasteiger partial charge in [-0.3, -0.25) is 9.69 Å². The van der Waals surface area contributed by atoms with Crippen LogP contribution in [0.15, 0.2) is 18.2 Å². The molecule has 1 atom stereocenters. The predicted octanol–water partition coefficient (Wildman–Crippen LogP) is 3.41. The number of benzene rings is 1. The fourth-order valence-corrected chi connectivity index (χ4v) is 4.64. The van der Waals surface area contributed by atoms with Gasteiger partial charge in [0.2, 0.25) is 12.5 Å². The van der Waals surface area contributed by atoms with Crippen LogP contribution < -0.4 is 14.2 Å². The first kappa shape index (κ1) is 20.7. The number of Topliss-reactive ketones (excluding diaryl/α,β-unsaturated/α-hetero) is 1. The summed E-state index contributed by atoms with van der Waals surface area (Å²) in [5, 5.41) is 9.78. The summed E-state index contributed by atoms with van der Waals surface area (Å²) in [7, 11) is 3.65. The normalized spacial score (nSPS) is 17.8. The van der Waals surface area contributed by atoms with Crippen LogP contribution in [0, 0.1) is 11.8 Å². The lowest BCUT2D eigenvalue weighted by atomic mass is 9.88. The molecule has 0 fully saturated rings. The van der Waals surface area contributed by atoms with E-state index < -0.39 is 5.60 Å². The molecule has 6 nitrogen and oxygen atoms in total. The van der Waals surface area contributed by atoms with E-state index >= 15 is 0 Å². The van der Waals surface area contributed by atoms with Gasteiger partial charge < -0.3 is 19.3 Å². The first-order chi connectivity index (χ1) is 14.3. The van der Waals surface area contributed by atoms with E-state index in [0.29, 0.717) is 28.5 Å². The molecule has 3 heterocycles. The lowest BCUT2D eigenvalue weighted by molar-refractivity contribution is 0.0929. The van der Waals surface area contributed by atoms with E-state index in [9.17, 15) is 9.90 Å². The van der Waals surface area contributed by atoms with Crippen molar-refractivity contribution >= 4 is 17.1 Å². The summed E-state index contributed by atoms with van der Waals surface area (Å²) in [6.45, 7) is 4.29. The van der Waals surface area contributed by atoms with Gasteiger partial charge in [0.05, 0.1) is 16.9 Å². The maximum atomic E-state index is 13.1. The van der Waals surface area contributed by atoms with Crippen molar-refractivity contribution in [1.82, 2.24) is 4.90 Å². The molecule has 4 rings (SSSR count). The predicted molar refractivity (Wildman–Crippen MR) is 115 cm³/mol. The molecule has 0 unspecified atom stereocenters. The second-order valence-corrected chi connectivity index (χ2v) is 9.15. The van der Waals surface area contributed by atoms with Gasteiger partial charge in [0, 0.05) is 24.6 Å². The van der Waals surface area contributed by atoms with Crippen molar-refractivity contribution in [2.45, 2.75) is 38.3 Å². The zero-order valence-electron chi connectivity index (χ0n) is 17.6. The lowest BCUT2D eigenvalue weighted by Gasteiger charge is -2.35. The average molecular weight is 428 g/mol. The van der Waals surface area contributed by atoms with Crippen molar-refractivity contribution in [3.8, 4) is 29.1 Å². The van der Waals surface area contributed by atoms with Gasteiger partial charge in [-0.25, -0.2) is 0 Å². The number of carbonyl (C=O) groups excluding carboxylic acids is 1. The Labute approximate surface area is 180 Å². The van der Waals surface area contributed by atoms with E-state index in [4.69, 9.17) is 14.2 Å². The molecular formula is C23H25NO5S. The quantitative estimate of drug-likeness (QED) is 0.596. The van der Waals surface area contributed by atoms with E-state index in [1.807, 2.05) is 25.2 Å². The van der Waals surface area contributed by atoms with Gasteiger partial charge in [0.15, 0.2) is 17.3 Å². The van der Waals surface area contributed by atoms with Gasteiger partial charge in [-0.2, -0.15) is 0 Å². The van der Waals surface area contributed by atoms with Crippen molar-refractivity contribution in [2.75, 3.05) is 27.5 Å². The molecule has 0 saturated heterocycles. The van der Waals surface area contributed by atoms with Crippen molar-refractivity contribution in [3.63, 3.8) is 0 Å². The molecule has 0 bridgehead atoms. The molecule has 158 valence electrons. The molecule has 30 heavy (non-hydrogen) atoms. The summed E-state index contributed by atoms with van der Waals surface area (Å²) in [5.74, 6) is 7.76. The zero-order chi connectivity index (χ0) is 21.5. The van der Waals surface area contributed by atoms with Crippen LogP contribution in [-0.4, -0.2) is 48.9 Å². The third-order valence-electron chi connectivity index (χ3n) is 5.30. The molecule has 1 aromatic heterocycles. The van der Waals surface area contributed by atoms with Crippen molar-refractivity contribution in [3.05, 3.63) is 39.1 Å². The second kappa shape index (κ2) is 7.95. The Morgan fingerprint density at radius 2 is 2.20 bits per heavy atom. The molecule has 2 aromatic rings. The van der Waals surface area contributed by atoms with E-state index in [1.54, 1.807) is 21.0 Å². The van der Waals surface area contributed by atoms with Crippen LogP contribution in [0.4, 0.5) is 0 Å². The minimum Gasteiger partial charge on any atom is -0.492 e. The SMILES string of the molecule is COc1c2c(cc3c1[C@H](CC(=O)c1ccc(C#CC(C)(C)O)s1)N(C)CC3)OCO2. The van der Waals surface area contributed by atoms with Crippen LogP contribution in [-0.2, 0) is 6.42 Å². The van der Waals surface area contributed by atoms with Crippen LogP contribution in [0.3, 0.4) is 0 Å². The summed E-state index contributed by atoms with van der Waals surface area (Å²) >= 11 is 1.35. The number of nitrogens with zero attached hydrogens (tertiary/aromatic N) is 1. The maximum Gasteiger partial charge on any atom is 0.231 e. The van der Waals surface area contributed by atoms with Gasteiger partial charge >= 0.3 is 0 Å². The number of ketones is 1. The molecule has 1 aromatic carbocycles. The first-order valence-corrected chi connectivity index (χ1v) is 10.7. The summed E-state index contributed by atoms with van der Waals surface area (Å²) < 4.78 is 16.9. The largest absolute Gasteiger partial charge is 0.492 e. The number of ether oxygens (including phenoxy) is 3. The molecule has 2 aliphatic heterocycles. The molecule has 0 amide bonds. The Morgan fingerprint density at radius 3 is 2.93 bits per heavy atom.